The minimum Gasteiger partial charge on any atom is -0.244 e. The molecule has 0 atom stereocenters. The molecule has 0 saturated heterocycles. The Balaban J connectivity index is 1.78. The Hall–Kier alpha value is -2.75. The van der Waals surface area contributed by atoms with Gasteiger partial charge in [-0.1, -0.05) is 53.1 Å². The van der Waals surface area contributed by atoms with E-state index in [9.17, 15) is 0 Å². The Morgan fingerprint density at radius 2 is 1.71 bits per heavy atom. The van der Waals surface area contributed by atoms with Crippen LogP contribution >= 0.6 is 0 Å². The van der Waals surface area contributed by atoms with Gasteiger partial charge in [0.2, 0.25) is 0 Å². The highest BCUT2D eigenvalue weighted by atomic mass is 15.3. The number of aromatic nitrogens is 2. The zero-order valence-corrected chi connectivity index (χ0v) is 11.9. The minimum atomic E-state index is 0.736. The molecule has 0 amide bonds. The second-order valence-electron chi connectivity index (χ2n) is 4.93. The first kappa shape index (κ1) is 13.2. The first-order valence-electron chi connectivity index (χ1n) is 6.90. The van der Waals surface area contributed by atoms with Gasteiger partial charge >= 0.3 is 5.95 Å². The third-order valence-corrected chi connectivity index (χ3v) is 3.23. The number of aryl methyl sites for hydroxylation is 1. The molecule has 3 rings (SSSR count). The third kappa shape index (κ3) is 3.42. The van der Waals surface area contributed by atoms with Crippen LogP contribution in [0.5, 0.6) is 0 Å². The van der Waals surface area contributed by atoms with Crippen LogP contribution in [0.2, 0.25) is 0 Å². The number of azo groups is 1. The predicted molar refractivity (Wildman–Crippen MR) is 81.9 cm³/mol. The zero-order chi connectivity index (χ0) is 14.5. The monoisotopic (exact) mass is 277 g/mol. The zero-order valence-electron chi connectivity index (χ0n) is 11.9. The van der Waals surface area contributed by atoms with E-state index in [0.717, 1.165) is 18.2 Å². The van der Waals surface area contributed by atoms with E-state index in [1.54, 1.807) is 0 Å². The summed E-state index contributed by atoms with van der Waals surface area (Å²) in [5.41, 5.74) is 3.29. The molecule has 1 aromatic heterocycles. The molecule has 2 aromatic carbocycles. The second-order valence-corrected chi connectivity index (χ2v) is 4.93. The van der Waals surface area contributed by atoms with Crippen molar-refractivity contribution in [2.45, 2.75) is 13.5 Å². The third-order valence-electron chi connectivity index (χ3n) is 3.23. The molecule has 0 saturated carbocycles. The van der Waals surface area contributed by atoms with Crippen molar-refractivity contribution in [2.75, 3.05) is 0 Å². The quantitative estimate of drug-likeness (QED) is 0.552. The van der Waals surface area contributed by atoms with E-state index in [4.69, 9.17) is 0 Å². The highest BCUT2D eigenvalue weighted by Crippen LogP contribution is 2.15. The van der Waals surface area contributed by atoms with Crippen LogP contribution in [0.25, 0.3) is 0 Å². The van der Waals surface area contributed by atoms with Crippen molar-refractivity contribution in [2.24, 2.45) is 10.2 Å². The molecule has 3 aromatic rings. The van der Waals surface area contributed by atoms with E-state index in [1.165, 1.54) is 11.1 Å². The van der Waals surface area contributed by atoms with Gasteiger partial charge in [-0.05, 0) is 24.6 Å². The molecule has 4 nitrogen and oxygen atoms in total. The van der Waals surface area contributed by atoms with Gasteiger partial charge < -0.3 is 0 Å². The fourth-order valence-corrected chi connectivity index (χ4v) is 2.07. The number of benzene rings is 2. The first-order chi connectivity index (χ1) is 10.3. The molecule has 0 unspecified atom stereocenters. The van der Waals surface area contributed by atoms with Gasteiger partial charge in [-0.3, -0.25) is 0 Å². The summed E-state index contributed by atoms with van der Waals surface area (Å²) in [6.45, 7) is 2.83. The maximum atomic E-state index is 4.29. The topological polar surface area (TPSA) is 44.4 Å². The fourth-order valence-electron chi connectivity index (χ4n) is 2.07. The van der Waals surface area contributed by atoms with E-state index >= 15 is 0 Å². The summed E-state index contributed by atoms with van der Waals surface area (Å²) in [7, 11) is 0. The molecule has 1 heterocycles. The minimum absolute atomic E-state index is 0.736. The van der Waals surface area contributed by atoms with Crippen LogP contribution in [0.4, 0.5) is 11.6 Å². The summed E-state index contributed by atoms with van der Waals surface area (Å²) in [6.07, 6.45) is 3.84. The molecule has 0 aliphatic heterocycles. The van der Waals surface area contributed by atoms with Crippen LogP contribution in [-0.4, -0.2) is 4.98 Å². The summed E-state index contributed by atoms with van der Waals surface area (Å²) in [5, 5.41) is 8.56. The van der Waals surface area contributed by atoms with E-state index in [-0.39, 0.29) is 0 Å². The van der Waals surface area contributed by atoms with E-state index in [1.807, 2.05) is 59.4 Å². The number of H-pyrrole nitrogens is 1. The second kappa shape index (κ2) is 6.13. The number of aromatic amines is 1. The number of hydrogen-bond donors (Lipinski definition) is 1. The summed E-state index contributed by atoms with van der Waals surface area (Å²) in [4.78, 5) is 3.11. The summed E-state index contributed by atoms with van der Waals surface area (Å²) in [5.74, 6) is 0.736. The molecule has 0 fully saturated rings. The molecular formula is C17H17N4+. The largest absolute Gasteiger partial charge is 0.419 e. The van der Waals surface area contributed by atoms with Gasteiger partial charge in [-0.2, -0.15) is 0 Å². The van der Waals surface area contributed by atoms with Crippen molar-refractivity contribution in [3.05, 3.63) is 78.1 Å². The molecule has 1 N–H and O–H groups in total. The standard InChI is InChI=1S/C17H16N4/c1-14-7-9-16(10-8-14)19-20-17-18-11-12-21(17)13-15-5-3-2-4-6-15/h2-12H,13H2,1H3/p+1. The first-order valence-corrected chi connectivity index (χ1v) is 6.90. The van der Waals surface area contributed by atoms with Crippen molar-refractivity contribution in [1.82, 2.24) is 4.98 Å². The van der Waals surface area contributed by atoms with Gasteiger partial charge in [0, 0.05) is 5.11 Å². The summed E-state index contributed by atoms with van der Waals surface area (Å²) < 4.78 is 2.03. The smallest absolute Gasteiger partial charge is 0.244 e. The highest BCUT2D eigenvalue weighted by molar-refractivity contribution is 5.38. The average Bonchev–Trinajstić information content (AvgIpc) is 2.95. The lowest BCUT2D eigenvalue weighted by Gasteiger charge is -1.98. The molecule has 21 heavy (non-hydrogen) atoms. The predicted octanol–water partition coefficient (Wildman–Crippen LogP) is 4.07. The normalized spacial score (nSPS) is 11.1. The van der Waals surface area contributed by atoms with Crippen LogP contribution in [0, 0.1) is 6.92 Å². The number of hydrogen-bond acceptors (Lipinski definition) is 2. The lowest BCUT2D eigenvalue weighted by Crippen LogP contribution is -2.31. The van der Waals surface area contributed by atoms with Gasteiger partial charge in [0.15, 0.2) is 0 Å². The van der Waals surface area contributed by atoms with Crippen LogP contribution in [-0.2, 0) is 6.54 Å². The number of imidazole rings is 1. The SMILES string of the molecule is Cc1ccc(N=Nc2[nH]cc[n+]2Cc2ccccc2)cc1. The number of nitrogens with one attached hydrogen (secondary N) is 1. The Kier molecular flexibility index (Phi) is 3.87. The molecule has 0 aliphatic rings. The molecule has 0 spiro atoms. The molecule has 0 aliphatic carbocycles. The van der Waals surface area contributed by atoms with Crippen molar-refractivity contribution in [3.63, 3.8) is 0 Å². The molecular weight excluding hydrogens is 260 g/mol. The highest BCUT2D eigenvalue weighted by Gasteiger charge is 2.10. The summed E-state index contributed by atoms with van der Waals surface area (Å²) >= 11 is 0. The average molecular weight is 277 g/mol. The van der Waals surface area contributed by atoms with E-state index in [2.05, 4.69) is 34.3 Å². The van der Waals surface area contributed by atoms with Gasteiger partial charge in [-0.25, -0.2) is 9.55 Å². The van der Waals surface area contributed by atoms with Crippen LogP contribution in [0.3, 0.4) is 0 Å². The lowest BCUT2D eigenvalue weighted by molar-refractivity contribution is -0.674. The maximum Gasteiger partial charge on any atom is 0.419 e. The Morgan fingerprint density at radius 1 is 0.952 bits per heavy atom. The van der Waals surface area contributed by atoms with Crippen molar-refractivity contribution in [3.8, 4) is 0 Å². The summed E-state index contributed by atoms with van der Waals surface area (Å²) in [6, 6.07) is 18.3. The Morgan fingerprint density at radius 3 is 2.48 bits per heavy atom. The lowest BCUT2D eigenvalue weighted by atomic mass is 10.2. The van der Waals surface area contributed by atoms with Gasteiger partial charge in [0.05, 0.1) is 18.9 Å². The maximum absolute atomic E-state index is 4.29. The van der Waals surface area contributed by atoms with Crippen LogP contribution in [0.1, 0.15) is 11.1 Å². The Labute approximate surface area is 123 Å². The van der Waals surface area contributed by atoms with Gasteiger partial charge in [0.1, 0.15) is 5.69 Å². The number of rotatable bonds is 4. The molecule has 4 heteroatoms. The Bertz CT molecular complexity index is 727. The van der Waals surface area contributed by atoms with Crippen molar-refractivity contribution >= 4 is 11.6 Å². The van der Waals surface area contributed by atoms with Crippen molar-refractivity contribution < 1.29 is 4.57 Å². The molecule has 0 bridgehead atoms. The molecule has 104 valence electrons. The van der Waals surface area contributed by atoms with E-state index < -0.39 is 0 Å². The van der Waals surface area contributed by atoms with E-state index in [0.29, 0.717) is 0 Å². The van der Waals surface area contributed by atoms with Gasteiger partial charge in [0.25, 0.3) is 0 Å². The fraction of sp³-hybridized carbons (Fsp3) is 0.118. The van der Waals surface area contributed by atoms with Gasteiger partial charge in [-0.15, -0.1) is 0 Å². The van der Waals surface area contributed by atoms with Crippen LogP contribution in [0.15, 0.2) is 77.2 Å². The number of nitrogens with zero attached hydrogens (tertiary/aromatic N) is 3. The molecule has 0 radical (unpaired) electrons. The van der Waals surface area contributed by atoms with Crippen molar-refractivity contribution in [1.29, 1.82) is 0 Å². The van der Waals surface area contributed by atoms with Crippen LogP contribution < -0.4 is 4.57 Å².